The number of para-hydroxylation sites is 2. The average molecular weight is 378 g/mol. The molecule has 0 aliphatic heterocycles. The maximum absolute atomic E-state index is 12.7. The number of benzene rings is 2. The molecule has 0 spiro atoms. The highest BCUT2D eigenvalue weighted by Crippen LogP contribution is 2.39. The molecule has 0 atom stereocenters. The highest BCUT2D eigenvalue weighted by atomic mass is 16.5. The molecule has 1 saturated carbocycles. The number of carbonyl (C=O) groups excluding carboxylic acids is 1. The van der Waals surface area contributed by atoms with Crippen LogP contribution in [-0.4, -0.2) is 28.4 Å². The lowest BCUT2D eigenvalue weighted by molar-refractivity contribution is -0.0227. The van der Waals surface area contributed by atoms with Gasteiger partial charge >= 0.3 is 6.09 Å². The Hall–Kier alpha value is -2.66. The minimum atomic E-state index is -0.328. The smallest absolute Gasteiger partial charge is 0.419 e. The van der Waals surface area contributed by atoms with Crippen molar-refractivity contribution in [3.05, 3.63) is 66.0 Å². The molecule has 28 heavy (non-hydrogen) atoms. The van der Waals surface area contributed by atoms with E-state index in [9.17, 15) is 4.79 Å². The zero-order valence-corrected chi connectivity index (χ0v) is 16.2. The quantitative estimate of drug-likeness (QED) is 0.525. The van der Waals surface area contributed by atoms with Crippen molar-refractivity contribution in [3.8, 4) is 0 Å². The lowest BCUT2D eigenvalue weighted by Gasteiger charge is -2.34. The van der Waals surface area contributed by atoms with E-state index in [2.05, 4.69) is 19.1 Å². The summed E-state index contributed by atoms with van der Waals surface area (Å²) in [5.41, 5.74) is 2.82. The van der Waals surface area contributed by atoms with Crippen LogP contribution in [0.4, 0.5) is 4.79 Å². The van der Waals surface area contributed by atoms with Gasteiger partial charge in [-0.3, -0.25) is 0 Å². The number of nitrogens with zero attached hydrogens (tertiary/aromatic N) is 2. The van der Waals surface area contributed by atoms with Gasteiger partial charge in [0.25, 0.3) is 0 Å². The van der Waals surface area contributed by atoms with E-state index in [0.29, 0.717) is 13.2 Å². The predicted molar refractivity (Wildman–Crippen MR) is 108 cm³/mol. The number of hydrogen-bond acceptors (Lipinski definition) is 4. The van der Waals surface area contributed by atoms with E-state index in [1.54, 1.807) is 4.57 Å². The molecule has 1 fully saturated rings. The molecule has 0 bridgehead atoms. The number of unbranched alkanes of at least 4 members (excludes halogenated alkanes) is 1. The summed E-state index contributed by atoms with van der Waals surface area (Å²) < 4.78 is 13.2. The number of aromatic nitrogens is 2. The molecular weight excluding hydrogens is 352 g/mol. The number of imidazole rings is 1. The van der Waals surface area contributed by atoms with Crippen LogP contribution in [0.5, 0.6) is 0 Å². The van der Waals surface area contributed by atoms with Gasteiger partial charge in [-0.1, -0.05) is 55.8 Å². The summed E-state index contributed by atoms with van der Waals surface area (Å²) in [4.78, 5) is 17.5. The van der Waals surface area contributed by atoms with Gasteiger partial charge in [0.2, 0.25) is 0 Å². The fraction of sp³-hybridized carbons (Fsp3) is 0.391. The fourth-order valence-electron chi connectivity index (χ4n) is 3.58. The standard InChI is InChI=1S/C23H26N2O3/c1-2-3-13-27-23(26)25-21-12-8-7-11-20(21)24-22(25)18-14-19(15-18)28-16-17-9-5-4-6-10-17/h4-12,18-19H,2-3,13-16H2,1H3. The lowest BCUT2D eigenvalue weighted by Crippen LogP contribution is -2.32. The summed E-state index contributed by atoms with van der Waals surface area (Å²) in [5.74, 6) is 1.01. The molecule has 1 heterocycles. The highest BCUT2D eigenvalue weighted by Gasteiger charge is 2.36. The minimum Gasteiger partial charge on any atom is -0.449 e. The normalized spacial score (nSPS) is 18.8. The molecule has 1 aliphatic rings. The minimum absolute atomic E-state index is 0.203. The summed E-state index contributed by atoms with van der Waals surface area (Å²) >= 11 is 0. The summed E-state index contributed by atoms with van der Waals surface area (Å²) in [6, 6.07) is 17.9. The molecule has 4 rings (SSSR count). The summed E-state index contributed by atoms with van der Waals surface area (Å²) in [7, 11) is 0. The Kier molecular flexibility index (Phi) is 5.72. The van der Waals surface area contributed by atoms with E-state index in [1.807, 2.05) is 42.5 Å². The number of hydrogen-bond donors (Lipinski definition) is 0. The molecule has 0 amide bonds. The first-order valence-corrected chi connectivity index (χ1v) is 10.1. The maximum atomic E-state index is 12.7. The van der Waals surface area contributed by atoms with Crippen molar-refractivity contribution < 1.29 is 14.3 Å². The first-order valence-electron chi connectivity index (χ1n) is 10.1. The van der Waals surface area contributed by atoms with Crippen molar-refractivity contribution in [2.75, 3.05) is 6.61 Å². The average Bonchev–Trinajstić information content (AvgIpc) is 3.07. The van der Waals surface area contributed by atoms with Gasteiger partial charge in [-0.15, -0.1) is 0 Å². The molecule has 0 saturated heterocycles. The molecular formula is C23H26N2O3. The predicted octanol–water partition coefficient (Wildman–Crippen LogP) is 5.28. The second-order valence-corrected chi connectivity index (χ2v) is 7.35. The Bertz CT molecular complexity index is 929. The van der Waals surface area contributed by atoms with Crippen LogP contribution in [0.3, 0.4) is 0 Å². The molecule has 1 aliphatic carbocycles. The molecule has 0 N–H and O–H groups in total. The number of ether oxygens (including phenoxy) is 2. The van der Waals surface area contributed by atoms with Crippen LogP contribution in [0.1, 0.15) is 49.9 Å². The van der Waals surface area contributed by atoms with Crippen LogP contribution in [0.25, 0.3) is 11.0 Å². The monoisotopic (exact) mass is 378 g/mol. The zero-order valence-electron chi connectivity index (χ0n) is 16.2. The highest BCUT2D eigenvalue weighted by molar-refractivity contribution is 5.87. The Morgan fingerprint density at radius 2 is 1.86 bits per heavy atom. The number of rotatable bonds is 7. The van der Waals surface area contributed by atoms with Crippen molar-refractivity contribution in [3.63, 3.8) is 0 Å². The summed E-state index contributed by atoms with van der Waals surface area (Å²) in [6.07, 6.45) is 3.48. The van der Waals surface area contributed by atoms with E-state index in [1.165, 1.54) is 5.56 Å². The first kappa shape index (κ1) is 18.7. The number of fused-ring (bicyclic) bond motifs is 1. The van der Waals surface area contributed by atoms with E-state index >= 15 is 0 Å². The third kappa shape index (κ3) is 3.94. The maximum Gasteiger partial charge on any atom is 0.419 e. The van der Waals surface area contributed by atoms with Crippen molar-refractivity contribution in [2.45, 2.75) is 51.2 Å². The fourth-order valence-corrected chi connectivity index (χ4v) is 3.58. The van der Waals surface area contributed by atoms with Crippen molar-refractivity contribution in [1.29, 1.82) is 0 Å². The summed E-state index contributed by atoms with van der Waals surface area (Å²) in [5, 5.41) is 0. The molecule has 5 heteroatoms. The Morgan fingerprint density at radius 3 is 2.64 bits per heavy atom. The van der Waals surface area contributed by atoms with Crippen molar-refractivity contribution in [2.24, 2.45) is 0 Å². The van der Waals surface area contributed by atoms with Gasteiger partial charge in [-0.25, -0.2) is 14.3 Å². The molecule has 0 radical (unpaired) electrons. The van der Waals surface area contributed by atoms with Gasteiger partial charge in [-0.2, -0.15) is 0 Å². The molecule has 0 unspecified atom stereocenters. The third-order valence-electron chi connectivity index (χ3n) is 5.28. The molecule has 146 valence electrons. The largest absolute Gasteiger partial charge is 0.449 e. The Balaban J connectivity index is 1.45. The zero-order chi connectivity index (χ0) is 19.3. The van der Waals surface area contributed by atoms with E-state index in [-0.39, 0.29) is 18.1 Å². The van der Waals surface area contributed by atoms with E-state index < -0.39 is 0 Å². The van der Waals surface area contributed by atoms with Crippen LogP contribution >= 0.6 is 0 Å². The van der Waals surface area contributed by atoms with Crippen LogP contribution in [0.15, 0.2) is 54.6 Å². The van der Waals surface area contributed by atoms with E-state index in [4.69, 9.17) is 14.5 Å². The Morgan fingerprint density at radius 1 is 1.11 bits per heavy atom. The van der Waals surface area contributed by atoms with Gasteiger partial charge in [0.1, 0.15) is 5.82 Å². The van der Waals surface area contributed by atoms with Crippen LogP contribution in [0, 0.1) is 0 Å². The lowest BCUT2D eigenvalue weighted by atomic mass is 9.81. The third-order valence-corrected chi connectivity index (χ3v) is 5.28. The summed E-state index contributed by atoms with van der Waals surface area (Å²) in [6.45, 7) is 3.14. The van der Waals surface area contributed by atoms with E-state index in [0.717, 1.165) is 42.5 Å². The van der Waals surface area contributed by atoms with Crippen LogP contribution in [-0.2, 0) is 16.1 Å². The second-order valence-electron chi connectivity index (χ2n) is 7.35. The SMILES string of the molecule is CCCCOC(=O)n1c(C2CC(OCc3ccccc3)C2)nc2ccccc21. The van der Waals surface area contributed by atoms with Gasteiger partial charge in [-0.05, 0) is 37.0 Å². The Labute approximate surface area is 165 Å². The molecule has 1 aromatic heterocycles. The van der Waals surface area contributed by atoms with Crippen molar-refractivity contribution in [1.82, 2.24) is 9.55 Å². The molecule has 5 nitrogen and oxygen atoms in total. The van der Waals surface area contributed by atoms with Crippen LogP contribution in [0.2, 0.25) is 0 Å². The van der Waals surface area contributed by atoms with Gasteiger partial charge < -0.3 is 9.47 Å². The van der Waals surface area contributed by atoms with Crippen LogP contribution < -0.4 is 0 Å². The molecule has 3 aromatic rings. The first-order chi connectivity index (χ1) is 13.8. The molecule has 2 aromatic carbocycles. The number of carbonyl (C=O) groups is 1. The second kappa shape index (κ2) is 8.57. The van der Waals surface area contributed by atoms with Gasteiger partial charge in [0, 0.05) is 5.92 Å². The topological polar surface area (TPSA) is 53.4 Å². The van der Waals surface area contributed by atoms with Gasteiger partial charge in [0.15, 0.2) is 0 Å². The van der Waals surface area contributed by atoms with Gasteiger partial charge in [0.05, 0.1) is 30.4 Å². The van der Waals surface area contributed by atoms with Crippen molar-refractivity contribution >= 4 is 17.1 Å².